The summed E-state index contributed by atoms with van der Waals surface area (Å²) in [5.74, 6) is -13.5. The van der Waals surface area contributed by atoms with Crippen LogP contribution in [0.25, 0.3) is 0 Å². The van der Waals surface area contributed by atoms with Gasteiger partial charge < -0.3 is 115 Å². The van der Waals surface area contributed by atoms with E-state index in [4.69, 9.17) is 30.8 Å². The molecule has 1 unspecified atom stereocenters. The van der Waals surface area contributed by atoms with E-state index < -0.39 is 187 Å². The Morgan fingerprint density at radius 1 is 0.620 bits per heavy atom. The number of rotatable bonds is 58. The van der Waals surface area contributed by atoms with Gasteiger partial charge in [0.2, 0.25) is 35.4 Å². The summed E-state index contributed by atoms with van der Waals surface area (Å²) >= 11 is 1.01. The number of urea groups is 4. The molecule has 1 aliphatic heterocycles. The Hall–Kier alpha value is -12.0. The zero-order chi connectivity index (χ0) is 95.8. The van der Waals surface area contributed by atoms with Crippen molar-refractivity contribution in [2.75, 3.05) is 58.1 Å². The Kier molecular flexibility index (Phi) is 49.5. The second-order valence-corrected chi connectivity index (χ2v) is 34.7. The van der Waals surface area contributed by atoms with E-state index in [-0.39, 0.29) is 156 Å². The summed E-state index contributed by atoms with van der Waals surface area (Å²) in [6, 6.07) is -1.41. The summed E-state index contributed by atoms with van der Waals surface area (Å²) < 4.78 is 16.8. The highest BCUT2D eigenvalue weighted by Gasteiger charge is 2.41. The third-order valence-electron chi connectivity index (χ3n) is 20.5. The third kappa shape index (κ3) is 42.6. The SMILES string of the molecule is CCCC(=O)OCN(C(=O)[C@@H](NC(=O)[C@H]1CCCCN1C)C(C)CC)[C@H](C[C@@H](OC(C)=O)c1nc(C(=O)N[C@@H](Cc2ccc(O)cc2)C[C@H](C)C(=O)NNC(=O)OCCSSC[C@H](NC(=O)[C@H](CCCNC(N)=O)NC(=O)[C@H](CCCNC(N)=O)NC(=O)Cc2ccc(CNC(=O)NCCCC[C@H](NC(=O)N[C@@H](CCC(=O)O)C(=O)O)C(=O)O)cc2)C(=O)O)cs1)C(C)C. The summed E-state index contributed by atoms with van der Waals surface area (Å²) in [5.41, 5.74) is 16.6. The number of amides is 16. The Morgan fingerprint density at radius 2 is 1.21 bits per heavy atom. The quantitative estimate of drug-likeness (QED) is 0.00963. The number of phenolic OH excluding ortho intramolecular Hbond substituents is 1. The van der Waals surface area contributed by atoms with Gasteiger partial charge in [0.15, 0.2) is 12.8 Å². The maximum absolute atomic E-state index is 15.1. The van der Waals surface area contributed by atoms with Gasteiger partial charge in [0.05, 0.1) is 12.5 Å². The molecule has 2 heterocycles. The second kappa shape index (κ2) is 58.4. The first-order valence-electron chi connectivity index (χ1n) is 42.4. The Labute approximate surface area is 758 Å². The van der Waals surface area contributed by atoms with Crippen LogP contribution in [-0.2, 0) is 91.1 Å². The van der Waals surface area contributed by atoms with Crippen LogP contribution in [0.4, 0.5) is 24.0 Å². The van der Waals surface area contributed by atoms with Crippen LogP contribution in [0.15, 0.2) is 53.9 Å². The van der Waals surface area contributed by atoms with Crippen molar-refractivity contribution in [3.63, 3.8) is 0 Å². The van der Waals surface area contributed by atoms with E-state index in [1.165, 1.54) is 36.3 Å². The predicted molar refractivity (Wildman–Crippen MR) is 471 cm³/mol. The fourth-order valence-electron chi connectivity index (χ4n) is 13.3. The van der Waals surface area contributed by atoms with Gasteiger partial charge >= 0.3 is 66.0 Å². The van der Waals surface area contributed by atoms with Crippen LogP contribution in [0.2, 0.25) is 0 Å². The smallest absolute Gasteiger partial charge is 0.426 e. The van der Waals surface area contributed by atoms with Crippen LogP contribution >= 0.6 is 32.9 Å². The first-order valence-corrected chi connectivity index (χ1v) is 45.7. The fourth-order valence-corrected chi connectivity index (χ4v) is 16.1. The minimum Gasteiger partial charge on any atom is -0.508 e. The molecular weight excluding hydrogens is 1750 g/mol. The number of phenols is 1. The number of carbonyl (C=O) groups is 18. The van der Waals surface area contributed by atoms with E-state index in [9.17, 15) is 102 Å². The van der Waals surface area contributed by atoms with E-state index >= 15 is 4.79 Å². The standard InChI is InChI=1S/C82H124N18O26S3/c1-9-17-66(106)125-45-100(74(112)67(47(5)10-2)96-72(111)61-21-12-14-35-99(61)8)62(46(3)4)41-63(126-49(7)101)73-93-59(43-127-73)71(110)89-53(39-50-26-28-54(102)29-27-50)38-48(6)68(107)97-98-82(123)124-36-37-128-129-44-60(77(117)118)92-70(109)56(20-16-34-86-79(84)120)91-69(108)55(19-15-33-85-78(83)119)90-64(103)40-51-22-24-52(25-23-51)42-88-80(121)87-32-13-11-18-57(75(113)114)94-81(122)95-58(76(115)116)30-31-65(104)105/h22-29,43,46-48,53,55-58,60-63,67,102H,9-21,30-42,44-45H2,1-8H3,(H,89,110)(H,90,103)(H,91,108)(H,92,109)(H,96,111)(H,97,107)(H,98,123)(H,104,105)(H,113,114)(H,115,116)(H,117,118)(H3,83,85,119)(H3,84,86,120)(H2,87,88,121)(H2,94,95,122)/t47?,48-,53+,55-,56-,57-,58-,60-,61+,62+,63+,67-/m0/s1. The predicted octanol–water partition coefficient (Wildman–Crippen LogP) is 3.24. The highest BCUT2D eigenvalue weighted by Crippen LogP contribution is 2.33. The number of likely N-dealkylation sites (tertiary alicyclic amines) is 1. The van der Waals surface area contributed by atoms with E-state index in [2.05, 4.69) is 69.0 Å². The molecule has 12 atom stereocenters. The van der Waals surface area contributed by atoms with Gasteiger partial charge in [-0.2, -0.15) is 0 Å². The Balaban J connectivity index is 1.34. The van der Waals surface area contributed by atoms with Crippen molar-refractivity contribution in [2.24, 2.45) is 29.2 Å². The van der Waals surface area contributed by atoms with Gasteiger partial charge in [0, 0.05) is 87.3 Å². The van der Waals surface area contributed by atoms with Crippen LogP contribution in [0.3, 0.4) is 0 Å². The summed E-state index contributed by atoms with van der Waals surface area (Å²) in [4.78, 5) is 240. The Bertz CT molecular complexity index is 4230. The van der Waals surface area contributed by atoms with Gasteiger partial charge in [-0.05, 0) is 138 Å². The van der Waals surface area contributed by atoms with E-state index in [0.29, 0.717) is 42.5 Å². The number of esters is 2. The highest BCUT2D eigenvalue weighted by molar-refractivity contribution is 8.76. The van der Waals surface area contributed by atoms with Crippen molar-refractivity contribution in [2.45, 2.75) is 237 Å². The third-order valence-corrected chi connectivity index (χ3v) is 23.8. The second-order valence-electron chi connectivity index (χ2n) is 31.2. The minimum atomic E-state index is -1.58. The number of thiazole rings is 1. The summed E-state index contributed by atoms with van der Waals surface area (Å²) in [6.07, 6.45) is 0.174. The number of hydrogen-bond acceptors (Lipinski definition) is 27. The number of aromatic hydroxyl groups is 1. The van der Waals surface area contributed by atoms with Crippen molar-refractivity contribution in [3.05, 3.63) is 81.3 Å². The van der Waals surface area contributed by atoms with Crippen LogP contribution < -0.4 is 80.8 Å². The molecule has 129 heavy (non-hydrogen) atoms. The van der Waals surface area contributed by atoms with Crippen molar-refractivity contribution in [1.29, 1.82) is 0 Å². The molecule has 0 saturated carbocycles. The van der Waals surface area contributed by atoms with E-state index in [1.54, 1.807) is 43.3 Å². The first-order chi connectivity index (χ1) is 61.2. The molecular formula is C82H124N18O26S3. The molecule has 1 aromatic heterocycles. The number of benzene rings is 2. The lowest BCUT2D eigenvalue weighted by molar-refractivity contribution is -0.160. The fraction of sp³-hybridized carbons (Fsp3) is 0.598. The van der Waals surface area contributed by atoms with Crippen molar-refractivity contribution >= 4 is 140 Å². The average molecular weight is 1870 g/mol. The van der Waals surface area contributed by atoms with Gasteiger partial charge in [0.25, 0.3) is 5.91 Å². The lowest BCUT2D eigenvalue weighted by atomic mass is 9.92. The van der Waals surface area contributed by atoms with Crippen LogP contribution in [0.1, 0.15) is 196 Å². The number of primary amides is 2. The number of carboxylic acid groups (broad SMARTS) is 4. The molecule has 4 rings (SSSR count). The zero-order valence-corrected chi connectivity index (χ0v) is 76.0. The summed E-state index contributed by atoms with van der Waals surface area (Å²) in [7, 11) is 3.88. The van der Waals surface area contributed by atoms with Gasteiger partial charge in [-0.25, -0.2) is 48.8 Å². The number of aromatic nitrogens is 1. The minimum absolute atomic E-state index is 0.0219. The number of carbonyl (C=O) groups excluding carboxylic acids is 14. The van der Waals surface area contributed by atoms with Gasteiger partial charge in [-0.3, -0.25) is 58.3 Å². The number of carboxylic acids is 4. The van der Waals surface area contributed by atoms with Crippen LogP contribution in [-0.4, -0.2) is 260 Å². The molecule has 1 fully saturated rings. The van der Waals surface area contributed by atoms with Crippen molar-refractivity contribution < 1.29 is 126 Å². The monoisotopic (exact) mass is 1870 g/mol. The molecule has 47 heteroatoms. The maximum Gasteiger partial charge on any atom is 0.426 e. The Morgan fingerprint density at radius 3 is 1.79 bits per heavy atom. The molecule has 1 aliphatic rings. The van der Waals surface area contributed by atoms with Crippen LogP contribution in [0, 0.1) is 17.8 Å². The van der Waals surface area contributed by atoms with Gasteiger partial charge in [-0.1, -0.05) is 112 Å². The topological polar surface area (TPSA) is 664 Å². The number of likely N-dealkylation sites (N-methyl/N-ethyl adjacent to an activating group) is 1. The normalized spacial score (nSPS) is 15.0. The van der Waals surface area contributed by atoms with E-state index in [1.807, 2.05) is 45.0 Å². The number of hydrazine groups is 1. The molecule has 16 amide bonds. The molecule has 0 aliphatic carbocycles. The average Bonchev–Trinajstić information content (AvgIpc) is 1.79. The number of nitrogens with two attached hydrogens (primary N) is 2. The molecule has 1 saturated heterocycles. The molecule has 716 valence electrons. The number of hydrogen-bond donors (Lipinski definition) is 20. The number of nitrogens with zero attached hydrogens (tertiary/aromatic N) is 3. The lowest BCUT2D eigenvalue weighted by Crippen LogP contribution is -2.59. The van der Waals surface area contributed by atoms with E-state index in [0.717, 1.165) is 45.8 Å². The molecule has 0 bridgehead atoms. The summed E-state index contributed by atoms with van der Waals surface area (Å²) in [5, 5.41) is 77.4. The van der Waals surface area contributed by atoms with Crippen molar-refractivity contribution in [1.82, 2.24) is 84.1 Å². The number of unbranched alkanes of at least 4 members (excludes halogenated alkanes) is 1. The van der Waals surface area contributed by atoms with Gasteiger partial charge in [0.1, 0.15) is 59.3 Å². The first kappa shape index (κ1) is 109. The number of piperidine rings is 1. The van der Waals surface area contributed by atoms with Gasteiger partial charge in [-0.15, -0.1) is 11.3 Å². The molecule has 44 nitrogen and oxygen atoms in total. The molecule has 0 spiro atoms. The largest absolute Gasteiger partial charge is 0.508 e. The number of nitrogens with one attached hydrogen (secondary N) is 13. The maximum atomic E-state index is 15.1. The number of ether oxygens (including phenoxy) is 3. The lowest BCUT2D eigenvalue weighted by Gasteiger charge is -2.39. The highest BCUT2D eigenvalue weighted by atomic mass is 33.1. The molecule has 0 radical (unpaired) electrons. The van der Waals surface area contributed by atoms with Crippen LogP contribution in [0.5, 0.6) is 5.75 Å². The molecule has 22 N–H and O–H groups in total. The zero-order valence-electron chi connectivity index (χ0n) is 73.5. The molecule has 3 aromatic rings. The summed E-state index contributed by atoms with van der Waals surface area (Å²) in [6.45, 7) is 11.9. The van der Waals surface area contributed by atoms with Crippen molar-refractivity contribution in [3.8, 4) is 5.75 Å². The molecule has 2 aromatic carbocycles. The number of aliphatic carboxylic acids is 4.